The number of nitrogens with one attached hydrogen (secondary N) is 1. The Hall–Kier alpha value is -3.32. The minimum atomic E-state index is -0.360. The molecule has 1 atom stereocenters. The van der Waals surface area contributed by atoms with Crippen molar-refractivity contribution in [2.24, 2.45) is 0 Å². The third-order valence-electron chi connectivity index (χ3n) is 5.21. The zero-order valence-corrected chi connectivity index (χ0v) is 17.1. The summed E-state index contributed by atoms with van der Waals surface area (Å²) in [5.74, 6) is 0.740. The van der Waals surface area contributed by atoms with Crippen molar-refractivity contribution in [3.63, 3.8) is 0 Å². The average Bonchev–Trinajstić information content (AvgIpc) is 3.30. The minimum Gasteiger partial charge on any atom is -0.507 e. The number of carbonyl (C=O) groups excluding carboxylic acids is 1. The molecular formula is C23H25N3O4. The monoisotopic (exact) mass is 407 g/mol. The first-order valence-electron chi connectivity index (χ1n) is 10.0. The predicted octanol–water partition coefficient (Wildman–Crippen LogP) is 3.76. The second-order valence-electron chi connectivity index (χ2n) is 7.19. The Bertz CT molecular complexity index is 1050. The molecule has 1 amide bonds. The Morgan fingerprint density at radius 3 is 2.77 bits per heavy atom. The maximum absolute atomic E-state index is 13.2. The SMILES string of the molecule is CCCOc1cccc([C@@H]2c3c(-c4ccccc4O)n[nH]c3C(=O)N2CCOC)c1. The second kappa shape index (κ2) is 8.59. The fourth-order valence-corrected chi connectivity index (χ4v) is 3.84. The lowest BCUT2D eigenvalue weighted by molar-refractivity contribution is 0.0677. The number of amides is 1. The van der Waals surface area contributed by atoms with Gasteiger partial charge < -0.3 is 19.5 Å². The number of nitrogens with zero attached hydrogens (tertiary/aromatic N) is 2. The van der Waals surface area contributed by atoms with Crippen LogP contribution in [0.3, 0.4) is 0 Å². The smallest absolute Gasteiger partial charge is 0.273 e. The molecule has 156 valence electrons. The lowest BCUT2D eigenvalue weighted by Gasteiger charge is -2.26. The Kier molecular flexibility index (Phi) is 5.72. The van der Waals surface area contributed by atoms with Gasteiger partial charge in [0, 0.05) is 24.8 Å². The highest BCUT2D eigenvalue weighted by atomic mass is 16.5. The van der Waals surface area contributed by atoms with Crippen LogP contribution in [0, 0.1) is 0 Å². The van der Waals surface area contributed by atoms with Gasteiger partial charge in [-0.1, -0.05) is 31.2 Å². The van der Waals surface area contributed by atoms with Crippen molar-refractivity contribution >= 4 is 5.91 Å². The van der Waals surface area contributed by atoms with Gasteiger partial charge in [-0.25, -0.2) is 0 Å². The van der Waals surface area contributed by atoms with E-state index in [0.717, 1.165) is 23.3 Å². The summed E-state index contributed by atoms with van der Waals surface area (Å²) in [4.78, 5) is 15.0. The third-order valence-corrected chi connectivity index (χ3v) is 5.21. The van der Waals surface area contributed by atoms with E-state index < -0.39 is 0 Å². The van der Waals surface area contributed by atoms with Crippen LogP contribution < -0.4 is 4.74 Å². The highest BCUT2D eigenvalue weighted by molar-refractivity contribution is 6.00. The Morgan fingerprint density at radius 2 is 2.00 bits per heavy atom. The van der Waals surface area contributed by atoms with Crippen LogP contribution in [0.15, 0.2) is 48.5 Å². The van der Waals surface area contributed by atoms with E-state index in [4.69, 9.17) is 9.47 Å². The molecule has 0 aliphatic carbocycles. The van der Waals surface area contributed by atoms with Gasteiger partial charge in [-0.05, 0) is 36.2 Å². The molecule has 0 fully saturated rings. The largest absolute Gasteiger partial charge is 0.507 e. The number of fused-ring (bicyclic) bond motifs is 1. The number of hydrogen-bond donors (Lipinski definition) is 2. The van der Waals surface area contributed by atoms with Gasteiger partial charge in [-0.2, -0.15) is 5.10 Å². The van der Waals surface area contributed by atoms with Gasteiger partial charge in [0.05, 0.1) is 19.3 Å². The van der Waals surface area contributed by atoms with Gasteiger partial charge in [-0.3, -0.25) is 9.89 Å². The summed E-state index contributed by atoms with van der Waals surface area (Å²) in [6.45, 7) is 3.53. The summed E-state index contributed by atoms with van der Waals surface area (Å²) in [5.41, 5.74) is 3.27. The van der Waals surface area contributed by atoms with Gasteiger partial charge in [-0.15, -0.1) is 0 Å². The molecule has 1 aliphatic heterocycles. The van der Waals surface area contributed by atoms with Crippen molar-refractivity contribution in [1.82, 2.24) is 15.1 Å². The first-order valence-corrected chi connectivity index (χ1v) is 10.0. The van der Waals surface area contributed by atoms with E-state index in [0.29, 0.717) is 36.7 Å². The molecule has 2 heterocycles. The van der Waals surface area contributed by atoms with Gasteiger partial charge >= 0.3 is 0 Å². The Morgan fingerprint density at radius 1 is 1.17 bits per heavy atom. The van der Waals surface area contributed by atoms with E-state index >= 15 is 0 Å². The topological polar surface area (TPSA) is 87.7 Å². The average molecular weight is 407 g/mol. The van der Waals surface area contributed by atoms with Gasteiger partial charge in [0.1, 0.15) is 22.9 Å². The van der Waals surface area contributed by atoms with E-state index in [9.17, 15) is 9.90 Å². The standard InChI is InChI=1S/C23H25N3O4/c1-3-12-30-16-8-6-7-15(14-16)22-19-20(17-9-4-5-10-18(17)27)24-25-21(19)23(28)26(22)11-13-29-2/h4-10,14,22,27H,3,11-13H2,1-2H3,(H,24,25)/t22-/m1/s1. The van der Waals surface area contributed by atoms with Crippen molar-refractivity contribution in [1.29, 1.82) is 0 Å². The summed E-state index contributed by atoms with van der Waals surface area (Å²) in [6, 6.07) is 14.4. The number of H-pyrrole nitrogens is 1. The van der Waals surface area contributed by atoms with Crippen LogP contribution >= 0.6 is 0 Å². The van der Waals surface area contributed by atoms with Crippen LogP contribution in [0.2, 0.25) is 0 Å². The van der Waals surface area contributed by atoms with Gasteiger partial charge in [0.15, 0.2) is 0 Å². The molecule has 0 saturated carbocycles. The van der Waals surface area contributed by atoms with Crippen LogP contribution in [-0.4, -0.2) is 53.0 Å². The van der Waals surface area contributed by atoms with Crippen LogP contribution in [-0.2, 0) is 4.74 Å². The molecule has 2 N–H and O–H groups in total. The molecule has 0 spiro atoms. The number of rotatable bonds is 8. The molecule has 4 rings (SSSR count). The lowest BCUT2D eigenvalue weighted by atomic mass is 9.95. The number of benzene rings is 2. The molecule has 1 aliphatic rings. The summed E-state index contributed by atoms with van der Waals surface area (Å²) >= 11 is 0. The van der Waals surface area contributed by atoms with Crippen molar-refractivity contribution in [2.45, 2.75) is 19.4 Å². The molecular weight excluding hydrogens is 382 g/mol. The number of aromatic nitrogens is 2. The Labute approximate surface area is 175 Å². The Balaban J connectivity index is 1.83. The number of phenolic OH excluding ortho intramolecular Hbond substituents is 1. The zero-order chi connectivity index (χ0) is 21.1. The number of hydrogen-bond acceptors (Lipinski definition) is 5. The fourth-order valence-electron chi connectivity index (χ4n) is 3.84. The molecule has 3 aromatic rings. The molecule has 1 aromatic heterocycles. The normalized spacial score (nSPS) is 15.5. The molecule has 30 heavy (non-hydrogen) atoms. The highest BCUT2D eigenvalue weighted by Crippen LogP contribution is 2.44. The van der Waals surface area contributed by atoms with Gasteiger partial charge in [0.25, 0.3) is 5.91 Å². The molecule has 0 saturated heterocycles. The lowest BCUT2D eigenvalue weighted by Crippen LogP contribution is -2.32. The van der Waals surface area contributed by atoms with Crippen molar-refractivity contribution in [3.8, 4) is 22.8 Å². The van der Waals surface area contributed by atoms with E-state index in [1.807, 2.05) is 30.3 Å². The van der Waals surface area contributed by atoms with E-state index in [1.54, 1.807) is 30.2 Å². The van der Waals surface area contributed by atoms with Crippen LogP contribution in [0.25, 0.3) is 11.3 Å². The van der Waals surface area contributed by atoms with Gasteiger partial charge in [0.2, 0.25) is 0 Å². The molecule has 2 aromatic carbocycles. The van der Waals surface area contributed by atoms with E-state index in [2.05, 4.69) is 17.1 Å². The minimum absolute atomic E-state index is 0.119. The summed E-state index contributed by atoms with van der Waals surface area (Å²) in [7, 11) is 1.61. The predicted molar refractivity (Wildman–Crippen MR) is 113 cm³/mol. The molecule has 0 radical (unpaired) electrons. The number of phenols is 1. The van der Waals surface area contributed by atoms with E-state index in [-0.39, 0.29) is 17.7 Å². The number of methoxy groups -OCH3 is 1. The zero-order valence-electron chi connectivity index (χ0n) is 17.1. The molecule has 7 nitrogen and oxygen atoms in total. The maximum atomic E-state index is 13.2. The summed E-state index contributed by atoms with van der Waals surface area (Å²) in [6.07, 6.45) is 0.912. The highest BCUT2D eigenvalue weighted by Gasteiger charge is 2.42. The van der Waals surface area contributed by atoms with Crippen molar-refractivity contribution in [3.05, 3.63) is 65.4 Å². The summed E-state index contributed by atoms with van der Waals surface area (Å²) in [5, 5.41) is 17.7. The number of ether oxygens (including phenoxy) is 2. The fraction of sp³-hybridized carbons (Fsp3) is 0.304. The maximum Gasteiger partial charge on any atom is 0.273 e. The van der Waals surface area contributed by atoms with Crippen LogP contribution in [0.5, 0.6) is 11.5 Å². The molecule has 7 heteroatoms. The third kappa shape index (κ3) is 3.52. The number of aromatic amines is 1. The first kappa shape index (κ1) is 20.0. The molecule has 0 unspecified atom stereocenters. The number of carbonyl (C=O) groups is 1. The van der Waals surface area contributed by atoms with Crippen molar-refractivity contribution < 1.29 is 19.4 Å². The van der Waals surface area contributed by atoms with E-state index in [1.165, 1.54) is 0 Å². The quantitative estimate of drug-likeness (QED) is 0.594. The summed E-state index contributed by atoms with van der Waals surface area (Å²) < 4.78 is 11.0. The first-order chi connectivity index (χ1) is 14.7. The van der Waals surface area contributed by atoms with Crippen LogP contribution in [0.4, 0.5) is 0 Å². The number of para-hydroxylation sites is 1. The van der Waals surface area contributed by atoms with Crippen LogP contribution in [0.1, 0.15) is 41.0 Å². The molecule has 0 bridgehead atoms. The number of aromatic hydroxyl groups is 1. The van der Waals surface area contributed by atoms with Crippen molar-refractivity contribution in [2.75, 3.05) is 26.9 Å². The second-order valence-corrected chi connectivity index (χ2v) is 7.19.